The third-order valence-corrected chi connectivity index (χ3v) is 5.42. The van der Waals surface area contributed by atoms with Gasteiger partial charge >= 0.3 is 0 Å². The summed E-state index contributed by atoms with van der Waals surface area (Å²) < 4.78 is 7.65. The number of aryl methyl sites for hydroxylation is 1. The van der Waals surface area contributed by atoms with Gasteiger partial charge < -0.3 is 10.1 Å². The maximum absolute atomic E-state index is 12.1. The number of rotatable bonds is 8. The van der Waals surface area contributed by atoms with Crippen molar-refractivity contribution in [3.63, 3.8) is 0 Å². The molecule has 140 valence electrons. The lowest BCUT2D eigenvalue weighted by Crippen LogP contribution is -2.13. The molecule has 1 N–H and O–H groups in total. The van der Waals surface area contributed by atoms with Crippen LogP contribution in [-0.2, 0) is 11.2 Å². The molecule has 0 aromatic heterocycles. The Morgan fingerprint density at radius 2 is 1.88 bits per heavy atom. The van der Waals surface area contributed by atoms with Gasteiger partial charge in [0, 0.05) is 10.9 Å². The van der Waals surface area contributed by atoms with Gasteiger partial charge in [0.15, 0.2) is 0 Å². The highest BCUT2D eigenvalue weighted by Gasteiger charge is 2.08. The molecule has 0 saturated carbocycles. The fraction of sp³-hybridized carbons (Fsp3) is 0.381. The zero-order chi connectivity index (χ0) is 19.1. The fourth-order valence-corrected chi connectivity index (χ4v) is 3.54. The first kappa shape index (κ1) is 21.0. The van der Waals surface area contributed by atoms with E-state index in [2.05, 4.69) is 70.1 Å². The van der Waals surface area contributed by atoms with Crippen LogP contribution < -0.4 is 10.1 Å². The van der Waals surface area contributed by atoms with E-state index in [1.165, 1.54) is 11.1 Å². The summed E-state index contributed by atoms with van der Waals surface area (Å²) in [6.07, 6.45) is 2.05. The molecule has 0 aliphatic carbocycles. The van der Waals surface area contributed by atoms with E-state index in [-0.39, 0.29) is 5.91 Å². The van der Waals surface area contributed by atoms with E-state index in [1.807, 2.05) is 24.3 Å². The summed E-state index contributed by atoms with van der Waals surface area (Å²) in [5.41, 5.74) is 3.31. The molecule has 26 heavy (non-hydrogen) atoms. The molecule has 0 radical (unpaired) electrons. The van der Waals surface area contributed by atoms with Gasteiger partial charge in [-0.3, -0.25) is 4.79 Å². The SMILES string of the molecule is CCc1ccc(NC(=O)CCCOc2ccc(C(C)C)cc2Br)c(Br)c1. The summed E-state index contributed by atoms with van der Waals surface area (Å²) >= 11 is 7.06. The second-order valence-corrected chi connectivity index (χ2v) is 8.22. The number of hydrogen-bond donors (Lipinski definition) is 1. The molecule has 3 nitrogen and oxygen atoms in total. The van der Waals surface area contributed by atoms with Gasteiger partial charge in [-0.15, -0.1) is 0 Å². The van der Waals surface area contributed by atoms with Crippen molar-refractivity contribution in [2.24, 2.45) is 0 Å². The van der Waals surface area contributed by atoms with Crippen molar-refractivity contribution in [3.8, 4) is 5.75 Å². The molecule has 0 atom stereocenters. The molecular weight excluding hydrogens is 458 g/mol. The van der Waals surface area contributed by atoms with E-state index in [0.29, 0.717) is 25.4 Å². The van der Waals surface area contributed by atoms with Crippen LogP contribution in [0.3, 0.4) is 0 Å². The van der Waals surface area contributed by atoms with Gasteiger partial charge in [-0.1, -0.05) is 32.9 Å². The standard InChI is InChI=1S/C21H25Br2NO2/c1-4-15-7-9-19(17(22)12-15)24-21(25)6-5-11-26-20-10-8-16(14(2)3)13-18(20)23/h7-10,12-14H,4-6,11H2,1-3H3,(H,24,25). The Hall–Kier alpha value is -1.33. The summed E-state index contributed by atoms with van der Waals surface area (Å²) in [7, 11) is 0. The van der Waals surface area contributed by atoms with Crippen molar-refractivity contribution in [2.75, 3.05) is 11.9 Å². The van der Waals surface area contributed by atoms with Crippen LogP contribution in [0, 0.1) is 0 Å². The summed E-state index contributed by atoms with van der Waals surface area (Å²) in [4.78, 5) is 12.1. The second-order valence-electron chi connectivity index (χ2n) is 6.51. The Labute approximate surface area is 172 Å². The third-order valence-electron chi connectivity index (χ3n) is 4.14. The largest absolute Gasteiger partial charge is 0.492 e. The summed E-state index contributed by atoms with van der Waals surface area (Å²) in [5, 5.41) is 2.94. The van der Waals surface area contributed by atoms with Gasteiger partial charge in [-0.25, -0.2) is 0 Å². The summed E-state index contributed by atoms with van der Waals surface area (Å²) in [5.74, 6) is 1.29. The molecule has 2 aromatic rings. The highest BCUT2D eigenvalue weighted by Crippen LogP contribution is 2.29. The van der Waals surface area contributed by atoms with Crippen molar-refractivity contribution in [1.29, 1.82) is 0 Å². The number of carbonyl (C=O) groups is 1. The zero-order valence-electron chi connectivity index (χ0n) is 15.4. The highest BCUT2D eigenvalue weighted by atomic mass is 79.9. The Morgan fingerprint density at radius 1 is 1.12 bits per heavy atom. The average molecular weight is 483 g/mol. The molecule has 2 aromatic carbocycles. The molecule has 2 rings (SSSR count). The number of anilines is 1. The Bertz CT molecular complexity index is 760. The average Bonchev–Trinajstić information content (AvgIpc) is 2.61. The lowest BCUT2D eigenvalue weighted by molar-refractivity contribution is -0.116. The smallest absolute Gasteiger partial charge is 0.224 e. The molecule has 0 fully saturated rings. The van der Waals surface area contributed by atoms with Crippen molar-refractivity contribution in [1.82, 2.24) is 0 Å². The number of hydrogen-bond acceptors (Lipinski definition) is 2. The van der Waals surface area contributed by atoms with Gasteiger partial charge in [-0.05, 0) is 86.0 Å². The first-order valence-electron chi connectivity index (χ1n) is 8.91. The van der Waals surface area contributed by atoms with Crippen LogP contribution in [0.25, 0.3) is 0 Å². The van der Waals surface area contributed by atoms with Gasteiger partial charge in [0.05, 0.1) is 16.8 Å². The monoisotopic (exact) mass is 481 g/mol. The lowest BCUT2D eigenvalue weighted by atomic mass is 10.0. The first-order chi connectivity index (χ1) is 12.4. The molecule has 0 heterocycles. The van der Waals surface area contributed by atoms with Crippen LogP contribution >= 0.6 is 31.9 Å². The van der Waals surface area contributed by atoms with Crippen LogP contribution in [0.15, 0.2) is 45.3 Å². The van der Waals surface area contributed by atoms with Gasteiger partial charge in [0.25, 0.3) is 0 Å². The molecule has 0 aliphatic heterocycles. The quantitative estimate of drug-likeness (QED) is 0.425. The summed E-state index contributed by atoms with van der Waals surface area (Å²) in [6, 6.07) is 12.1. The second kappa shape index (κ2) is 10.1. The Kier molecular flexibility index (Phi) is 8.16. The molecule has 0 saturated heterocycles. The van der Waals surface area contributed by atoms with Crippen molar-refractivity contribution < 1.29 is 9.53 Å². The van der Waals surface area contributed by atoms with Crippen molar-refractivity contribution in [3.05, 3.63) is 56.5 Å². The van der Waals surface area contributed by atoms with Crippen molar-refractivity contribution in [2.45, 2.75) is 46.0 Å². The zero-order valence-corrected chi connectivity index (χ0v) is 18.6. The predicted octanol–water partition coefficient (Wildman–Crippen LogP) is 6.70. The number of benzene rings is 2. The van der Waals surface area contributed by atoms with Gasteiger partial charge in [0.2, 0.25) is 5.91 Å². The lowest BCUT2D eigenvalue weighted by Gasteiger charge is -2.12. The maximum atomic E-state index is 12.1. The maximum Gasteiger partial charge on any atom is 0.224 e. The molecule has 0 spiro atoms. The minimum atomic E-state index is -0.00669. The third kappa shape index (κ3) is 6.13. The first-order valence-corrected chi connectivity index (χ1v) is 10.5. The van der Waals surface area contributed by atoms with E-state index < -0.39 is 0 Å². The normalized spacial score (nSPS) is 10.8. The van der Waals surface area contributed by atoms with Gasteiger partial charge in [0.1, 0.15) is 5.75 Å². The molecular formula is C21H25Br2NO2. The number of nitrogens with one attached hydrogen (secondary N) is 1. The van der Waals surface area contributed by atoms with Crippen LogP contribution in [0.1, 0.15) is 50.7 Å². The van der Waals surface area contributed by atoms with Gasteiger partial charge in [-0.2, -0.15) is 0 Å². The number of halogens is 2. The van der Waals surface area contributed by atoms with Crippen LogP contribution in [0.2, 0.25) is 0 Å². The van der Waals surface area contributed by atoms with E-state index in [9.17, 15) is 4.79 Å². The minimum Gasteiger partial charge on any atom is -0.492 e. The Balaban J connectivity index is 1.78. The number of carbonyl (C=O) groups excluding carboxylic acids is 1. The fourth-order valence-electron chi connectivity index (χ4n) is 2.50. The molecule has 0 unspecified atom stereocenters. The highest BCUT2D eigenvalue weighted by molar-refractivity contribution is 9.11. The van der Waals surface area contributed by atoms with Crippen molar-refractivity contribution >= 4 is 43.5 Å². The van der Waals surface area contributed by atoms with Crippen LogP contribution in [-0.4, -0.2) is 12.5 Å². The predicted molar refractivity (Wildman–Crippen MR) is 115 cm³/mol. The molecule has 0 bridgehead atoms. The van der Waals surface area contributed by atoms with E-state index >= 15 is 0 Å². The number of amides is 1. The Morgan fingerprint density at radius 3 is 2.50 bits per heavy atom. The van der Waals surface area contributed by atoms with E-state index in [4.69, 9.17) is 4.74 Å². The summed E-state index contributed by atoms with van der Waals surface area (Å²) in [6.45, 7) is 6.93. The number of ether oxygens (including phenoxy) is 1. The minimum absolute atomic E-state index is 0.00669. The molecule has 5 heteroatoms. The van der Waals surface area contributed by atoms with Crippen LogP contribution in [0.4, 0.5) is 5.69 Å². The van der Waals surface area contributed by atoms with Crippen LogP contribution in [0.5, 0.6) is 5.75 Å². The van der Waals surface area contributed by atoms with E-state index in [0.717, 1.165) is 26.8 Å². The molecule has 1 amide bonds. The van der Waals surface area contributed by atoms with E-state index in [1.54, 1.807) is 0 Å². The molecule has 0 aliphatic rings. The topological polar surface area (TPSA) is 38.3 Å².